The molecule has 0 fully saturated rings. The highest BCUT2D eigenvalue weighted by Crippen LogP contribution is 2.39. The summed E-state index contributed by atoms with van der Waals surface area (Å²) >= 11 is 0. The topological polar surface area (TPSA) is 94.1 Å². The van der Waals surface area contributed by atoms with Gasteiger partial charge in [0.1, 0.15) is 5.69 Å². The summed E-state index contributed by atoms with van der Waals surface area (Å²) in [6, 6.07) is 5.66. The molecule has 0 spiro atoms. The molecule has 0 saturated carbocycles. The molecule has 1 aliphatic carbocycles. The average Bonchev–Trinajstić information content (AvgIpc) is 3.44. The van der Waals surface area contributed by atoms with Crippen LogP contribution in [0.4, 0.5) is 0 Å². The maximum absolute atomic E-state index is 12.9. The molecule has 30 heavy (non-hydrogen) atoms. The largest absolute Gasteiger partial charge is 0.493 e. The lowest BCUT2D eigenvalue weighted by molar-refractivity contribution is 0.0931. The first-order valence-corrected chi connectivity index (χ1v) is 10.1. The van der Waals surface area contributed by atoms with E-state index in [2.05, 4.69) is 27.5 Å². The minimum Gasteiger partial charge on any atom is -0.493 e. The van der Waals surface area contributed by atoms with Crippen molar-refractivity contribution in [1.82, 2.24) is 25.3 Å². The van der Waals surface area contributed by atoms with Crippen molar-refractivity contribution in [2.24, 2.45) is 0 Å². The van der Waals surface area contributed by atoms with Gasteiger partial charge < -0.3 is 14.8 Å². The van der Waals surface area contributed by atoms with Gasteiger partial charge in [-0.15, -0.1) is 0 Å². The number of benzene rings is 1. The number of hydrogen-bond acceptors (Lipinski definition) is 5. The molecule has 1 amide bonds. The van der Waals surface area contributed by atoms with Crippen LogP contribution in [0.2, 0.25) is 0 Å². The minimum atomic E-state index is -0.181. The van der Waals surface area contributed by atoms with Gasteiger partial charge in [-0.1, -0.05) is 0 Å². The second-order valence-corrected chi connectivity index (χ2v) is 7.50. The number of aromatic amines is 1. The molecule has 1 atom stereocenters. The Labute approximate surface area is 175 Å². The Bertz CT molecular complexity index is 1100. The molecule has 158 valence electrons. The van der Waals surface area contributed by atoms with E-state index in [4.69, 9.17) is 9.47 Å². The van der Waals surface area contributed by atoms with Crippen molar-refractivity contribution >= 4 is 5.91 Å². The van der Waals surface area contributed by atoms with Gasteiger partial charge in [0.05, 0.1) is 31.6 Å². The van der Waals surface area contributed by atoms with Crippen LogP contribution < -0.4 is 14.8 Å². The lowest BCUT2D eigenvalue weighted by Crippen LogP contribution is -2.27. The van der Waals surface area contributed by atoms with E-state index >= 15 is 0 Å². The second-order valence-electron chi connectivity index (χ2n) is 7.50. The van der Waals surface area contributed by atoms with E-state index in [9.17, 15) is 4.79 Å². The van der Waals surface area contributed by atoms with E-state index in [0.29, 0.717) is 17.2 Å². The number of hydrogen-bond donors (Lipinski definition) is 2. The number of carbonyl (C=O) groups is 1. The monoisotopic (exact) mass is 409 g/mol. The highest BCUT2D eigenvalue weighted by Gasteiger charge is 2.27. The second kappa shape index (κ2) is 7.85. The average molecular weight is 409 g/mol. The zero-order chi connectivity index (χ0) is 21.4. The molecule has 4 rings (SSSR count). The quantitative estimate of drug-likeness (QED) is 0.651. The standard InChI is InChI=1S/C22H27N5O3/c1-6-27-13(3)21(12(2)26-27)17-11-18(25-24-17)22(28)23-16-8-7-14-9-19(29-4)20(30-5)10-15(14)16/h9-11,16H,6-8H2,1-5H3,(H,23,28)(H,24,25). The fourth-order valence-electron chi connectivity index (χ4n) is 4.26. The molecule has 8 nitrogen and oxygen atoms in total. The van der Waals surface area contributed by atoms with Crippen molar-refractivity contribution in [2.75, 3.05) is 14.2 Å². The van der Waals surface area contributed by atoms with E-state index in [-0.39, 0.29) is 11.9 Å². The number of aryl methyl sites for hydroxylation is 3. The number of ether oxygens (including phenoxy) is 2. The van der Waals surface area contributed by atoms with Gasteiger partial charge in [-0.2, -0.15) is 10.2 Å². The van der Waals surface area contributed by atoms with Crippen LogP contribution in [-0.4, -0.2) is 40.1 Å². The summed E-state index contributed by atoms with van der Waals surface area (Å²) < 4.78 is 12.8. The number of amides is 1. The molecule has 2 aromatic heterocycles. The van der Waals surface area contributed by atoms with Crippen LogP contribution in [-0.2, 0) is 13.0 Å². The fraction of sp³-hybridized carbons (Fsp3) is 0.409. The van der Waals surface area contributed by atoms with Crippen molar-refractivity contribution < 1.29 is 14.3 Å². The molecule has 0 aliphatic heterocycles. The lowest BCUT2D eigenvalue weighted by atomic mass is 10.1. The first kappa shape index (κ1) is 20.0. The summed E-state index contributed by atoms with van der Waals surface area (Å²) in [5.74, 6) is 1.19. The number of nitrogens with zero attached hydrogens (tertiary/aromatic N) is 3. The molecule has 3 aromatic rings. The summed E-state index contributed by atoms with van der Waals surface area (Å²) in [7, 11) is 3.24. The van der Waals surface area contributed by atoms with Crippen LogP contribution >= 0.6 is 0 Å². The van der Waals surface area contributed by atoms with Gasteiger partial charge in [-0.3, -0.25) is 14.6 Å². The van der Waals surface area contributed by atoms with E-state index in [1.807, 2.05) is 30.7 Å². The molecule has 2 heterocycles. The number of fused-ring (bicyclic) bond motifs is 1. The maximum Gasteiger partial charge on any atom is 0.269 e. The summed E-state index contributed by atoms with van der Waals surface area (Å²) in [5.41, 5.74) is 6.31. The van der Waals surface area contributed by atoms with E-state index < -0.39 is 0 Å². The highest BCUT2D eigenvalue weighted by molar-refractivity contribution is 5.93. The number of rotatable bonds is 6. The maximum atomic E-state index is 12.9. The van der Waals surface area contributed by atoms with Crippen LogP contribution in [0.3, 0.4) is 0 Å². The van der Waals surface area contributed by atoms with Crippen molar-refractivity contribution in [3.8, 4) is 22.8 Å². The summed E-state index contributed by atoms with van der Waals surface area (Å²) in [6.45, 7) is 6.82. The Balaban J connectivity index is 1.55. The molecule has 1 unspecified atom stereocenters. The Morgan fingerprint density at radius 3 is 2.63 bits per heavy atom. The number of nitrogens with one attached hydrogen (secondary N) is 2. The van der Waals surface area contributed by atoms with Crippen molar-refractivity contribution in [3.05, 3.63) is 46.4 Å². The lowest BCUT2D eigenvalue weighted by Gasteiger charge is -2.15. The molecule has 1 aromatic carbocycles. The van der Waals surface area contributed by atoms with E-state index in [1.165, 1.54) is 5.56 Å². The number of methoxy groups -OCH3 is 2. The Morgan fingerprint density at radius 1 is 1.23 bits per heavy atom. The highest BCUT2D eigenvalue weighted by atomic mass is 16.5. The molecule has 8 heteroatoms. The number of aromatic nitrogens is 4. The van der Waals surface area contributed by atoms with Crippen molar-refractivity contribution in [2.45, 2.75) is 46.2 Å². The van der Waals surface area contributed by atoms with Crippen LogP contribution in [0.1, 0.15) is 52.4 Å². The number of H-pyrrole nitrogens is 1. The third-order valence-corrected chi connectivity index (χ3v) is 5.79. The third kappa shape index (κ3) is 3.32. The van der Waals surface area contributed by atoms with Gasteiger partial charge in [0.25, 0.3) is 5.91 Å². The first-order chi connectivity index (χ1) is 14.5. The zero-order valence-electron chi connectivity index (χ0n) is 18.0. The van der Waals surface area contributed by atoms with Crippen LogP contribution in [0.15, 0.2) is 18.2 Å². The molecular formula is C22H27N5O3. The molecule has 0 bridgehead atoms. The third-order valence-electron chi connectivity index (χ3n) is 5.79. The predicted molar refractivity (Wildman–Crippen MR) is 113 cm³/mol. The summed E-state index contributed by atoms with van der Waals surface area (Å²) in [5, 5.41) is 14.9. The fourth-order valence-corrected chi connectivity index (χ4v) is 4.26. The minimum absolute atomic E-state index is 0.0784. The van der Waals surface area contributed by atoms with Crippen LogP contribution in [0.25, 0.3) is 11.3 Å². The molecule has 0 radical (unpaired) electrons. The number of carbonyl (C=O) groups excluding carboxylic acids is 1. The predicted octanol–water partition coefficient (Wildman–Crippen LogP) is 3.34. The zero-order valence-corrected chi connectivity index (χ0v) is 18.0. The van der Waals surface area contributed by atoms with Gasteiger partial charge in [0.2, 0.25) is 0 Å². The van der Waals surface area contributed by atoms with Gasteiger partial charge in [0, 0.05) is 17.8 Å². The Morgan fingerprint density at radius 2 is 1.97 bits per heavy atom. The van der Waals surface area contributed by atoms with Gasteiger partial charge >= 0.3 is 0 Å². The summed E-state index contributed by atoms with van der Waals surface area (Å²) in [4.78, 5) is 12.9. The molecule has 0 saturated heterocycles. The van der Waals surface area contributed by atoms with Gasteiger partial charge in [0.15, 0.2) is 11.5 Å². The van der Waals surface area contributed by atoms with E-state index in [0.717, 1.165) is 47.6 Å². The summed E-state index contributed by atoms with van der Waals surface area (Å²) in [6.07, 6.45) is 1.71. The van der Waals surface area contributed by atoms with Crippen molar-refractivity contribution in [1.29, 1.82) is 0 Å². The Hall–Kier alpha value is -3.29. The van der Waals surface area contributed by atoms with Gasteiger partial charge in [-0.05, 0) is 62.9 Å². The van der Waals surface area contributed by atoms with Crippen LogP contribution in [0, 0.1) is 13.8 Å². The SMILES string of the molecule is CCn1nc(C)c(-c2cc(C(=O)NC3CCc4cc(OC)c(OC)cc43)[nH]n2)c1C. The molecule has 2 N–H and O–H groups in total. The molecule has 1 aliphatic rings. The van der Waals surface area contributed by atoms with E-state index in [1.54, 1.807) is 20.3 Å². The van der Waals surface area contributed by atoms with Crippen molar-refractivity contribution in [3.63, 3.8) is 0 Å². The van der Waals surface area contributed by atoms with Crippen LogP contribution in [0.5, 0.6) is 11.5 Å². The molecular weight excluding hydrogens is 382 g/mol. The Kier molecular flexibility index (Phi) is 5.24. The normalized spacial score (nSPS) is 15.2. The van der Waals surface area contributed by atoms with Gasteiger partial charge in [-0.25, -0.2) is 0 Å². The first-order valence-electron chi connectivity index (χ1n) is 10.1. The smallest absolute Gasteiger partial charge is 0.269 e.